The van der Waals surface area contributed by atoms with Crippen LogP contribution < -0.4 is 10.6 Å². The Morgan fingerprint density at radius 1 is 1.00 bits per heavy atom. The number of pyridine rings is 1. The van der Waals surface area contributed by atoms with Crippen LogP contribution in [0.3, 0.4) is 0 Å². The van der Waals surface area contributed by atoms with Crippen molar-refractivity contribution >= 4 is 33.9 Å². The molecule has 2 amide bonds. The molecule has 6 heterocycles. The van der Waals surface area contributed by atoms with Crippen molar-refractivity contribution in [1.82, 2.24) is 34.6 Å². The summed E-state index contributed by atoms with van der Waals surface area (Å²) in [4.78, 5) is 37.4. The van der Waals surface area contributed by atoms with Crippen LogP contribution in [0.15, 0.2) is 30.3 Å². The first-order valence-corrected chi connectivity index (χ1v) is 15.7. The summed E-state index contributed by atoms with van der Waals surface area (Å²) in [6, 6.07) is 10.3. The van der Waals surface area contributed by atoms with E-state index in [0.29, 0.717) is 5.92 Å². The van der Waals surface area contributed by atoms with Gasteiger partial charge in [0, 0.05) is 57.1 Å². The highest BCUT2D eigenvalue weighted by Crippen LogP contribution is 2.43. The number of carbonyl (C=O) groups is 2. The van der Waals surface area contributed by atoms with Gasteiger partial charge in [0.1, 0.15) is 5.65 Å². The number of likely N-dealkylation sites (N-methyl/N-ethyl adjacent to an activating group) is 1. The molecule has 3 unspecified atom stereocenters. The zero-order valence-electron chi connectivity index (χ0n) is 25.4. The minimum Gasteiger partial charge on any atom is -0.379 e. The minimum atomic E-state index is -0.136. The Morgan fingerprint density at radius 3 is 2.60 bits per heavy atom. The lowest BCUT2D eigenvalue weighted by molar-refractivity contribution is -0.123. The van der Waals surface area contributed by atoms with Gasteiger partial charge in [-0.1, -0.05) is 6.42 Å². The van der Waals surface area contributed by atoms with Crippen LogP contribution in [-0.2, 0) is 29.5 Å². The lowest BCUT2D eigenvalue weighted by Gasteiger charge is -2.24. The van der Waals surface area contributed by atoms with Crippen LogP contribution >= 0.6 is 0 Å². The number of aromatic nitrogens is 4. The molecule has 0 radical (unpaired) electrons. The summed E-state index contributed by atoms with van der Waals surface area (Å²) in [5, 5.41) is 7.42. The van der Waals surface area contributed by atoms with E-state index in [1.165, 1.54) is 0 Å². The van der Waals surface area contributed by atoms with Gasteiger partial charge < -0.3 is 29.4 Å². The van der Waals surface area contributed by atoms with E-state index in [0.717, 1.165) is 122 Å². The molecule has 4 aliphatic rings. The zero-order valence-corrected chi connectivity index (χ0v) is 25.4. The van der Waals surface area contributed by atoms with Gasteiger partial charge in [-0.2, -0.15) is 0 Å². The van der Waals surface area contributed by atoms with E-state index in [4.69, 9.17) is 14.7 Å². The van der Waals surface area contributed by atoms with Crippen molar-refractivity contribution in [2.75, 3.05) is 39.9 Å². The number of hydrogen-bond acceptors (Lipinski definition) is 6. The van der Waals surface area contributed by atoms with Crippen molar-refractivity contribution in [3.8, 4) is 11.5 Å². The molecule has 2 N–H and O–H groups in total. The smallest absolute Gasteiger partial charge is 0.253 e. The number of imidazole rings is 1. The Labute approximate surface area is 251 Å². The first-order valence-electron chi connectivity index (χ1n) is 15.7. The van der Waals surface area contributed by atoms with Crippen LogP contribution in [0.1, 0.15) is 60.3 Å². The summed E-state index contributed by atoms with van der Waals surface area (Å²) in [5.74, 6) is 1.80. The van der Waals surface area contributed by atoms with E-state index in [-0.39, 0.29) is 23.8 Å². The van der Waals surface area contributed by atoms with Gasteiger partial charge in [-0.25, -0.2) is 9.97 Å². The number of carbonyl (C=O) groups excluding carboxylic acids is 2. The molecule has 226 valence electrons. The third-order valence-corrected chi connectivity index (χ3v) is 9.51. The largest absolute Gasteiger partial charge is 0.379 e. The van der Waals surface area contributed by atoms with Gasteiger partial charge in [-0.15, -0.1) is 0 Å². The molecule has 1 saturated heterocycles. The van der Waals surface area contributed by atoms with E-state index in [1.807, 2.05) is 26.1 Å². The quantitative estimate of drug-likeness (QED) is 0.353. The average Bonchev–Trinajstić information content (AvgIpc) is 3.62. The standard InChI is InChI=1S/C29H32N6O2.C4H9NO/c1-16-22-8-7-19-14-25(35(26(19)31-22)10-5-4-6-17-12-20(17)28(36)30-16)27-32-23-15-21-18(13-24(23)34(27)3)9-11-33(2)29(21)37;1-3-6-4-2-5-1/h7-8,13-17,20H,4-6,9-12H2,1-3H3,(H,30,36);5H,1-4H2. The molecular weight excluding hydrogens is 542 g/mol. The number of fused-ring (bicyclic) bond motifs is 4. The minimum absolute atomic E-state index is 0.0673. The summed E-state index contributed by atoms with van der Waals surface area (Å²) in [6.45, 7) is 7.44. The number of benzene rings is 1. The molecule has 1 aliphatic carbocycles. The van der Waals surface area contributed by atoms with Crippen molar-refractivity contribution in [1.29, 1.82) is 0 Å². The molecule has 1 aromatic carbocycles. The summed E-state index contributed by atoms with van der Waals surface area (Å²) in [5.41, 5.74) is 6.58. The summed E-state index contributed by atoms with van der Waals surface area (Å²) < 4.78 is 9.46. The van der Waals surface area contributed by atoms with Crippen molar-refractivity contribution in [3.05, 3.63) is 47.2 Å². The van der Waals surface area contributed by atoms with Crippen LogP contribution in [0.5, 0.6) is 0 Å². The van der Waals surface area contributed by atoms with Gasteiger partial charge in [-0.3, -0.25) is 9.59 Å². The maximum atomic E-state index is 12.8. The van der Waals surface area contributed by atoms with Crippen molar-refractivity contribution in [2.24, 2.45) is 18.9 Å². The lowest BCUT2D eigenvalue weighted by Crippen LogP contribution is -2.34. The fraction of sp³-hybridized carbons (Fsp3) is 0.515. The Morgan fingerprint density at radius 2 is 1.84 bits per heavy atom. The van der Waals surface area contributed by atoms with E-state index in [2.05, 4.69) is 45.0 Å². The third kappa shape index (κ3) is 5.31. The van der Waals surface area contributed by atoms with E-state index >= 15 is 0 Å². The summed E-state index contributed by atoms with van der Waals surface area (Å²) >= 11 is 0. The van der Waals surface area contributed by atoms with Gasteiger partial charge in [0.2, 0.25) is 5.91 Å². The van der Waals surface area contributed by atoms with Crippen molar-refractivity contribution < 1.29 is 14.3 Å². The first kappa shape index (κ1) is 28.0. The number of ether oxygens (including phenoxy) is 1. The number of morpholine rings is 1. The Balaban J connectivity index is 0.000000449. The lowest BCUT2D eigenvalue weighted by atomic mass is 9.98. The Hall–Kier alpha value is -3.76. The highest BCUT2D eigenvalue weighted by Gasteiger charge is 2.42. The second kappa shape index (κ2) is 11.4. The van der Waals surface area contributed by atoms with Gasteiger partial charge in [0.15, 0.2) is 5.82 Å². The monoisotopic (exact) mass is 583 g/mol. The number of aryl methyl sites for hydroxylation is 2. The molecule has 3 atom stereocenters. The topological polar surface area (TPSA) is 106 Å². The van der Waals surface area contributed by atoms with Crippen LogP contribution in [-0.4, -0.2) is 75.7 Å². The number of rotatable bonds is 1. The highest BCUT2D eigenvalue weighted by atomic mass is 16.5. The fourth-order valence-electron chi connectivity index (χ4n) is 6.78. The molecule has 2 bridgehead atoms. The molecule has 4 aromatic rings. The van der Waals surface area contributed by atoms with Crippen molar-refractivity contribution in [2.45, 2.75) is 51.6 Å². The SMILES string of the molecule is C1COCCN1.CC1NC(=O)C2CC2CCCCn2c(-c3nc4cc5c(cc4n3C)CCN(C)C5=O)cc3ccc1nc32. The maximum absolute atomic E-state index is 12.8. The summed E-state index contributed by atoms with van der Waals surface area (Å²) in [6.07, 6.45) is 5.08. The van der Waals surface area contributed by atoms with E-state index in [1.54, 1.807) is 4.90 Å². The predicted molar refractivity (Wildman–Crippen MR) is 166 cm³/mol. The first-order chi connectivity index (χ1) is 20.9. The number of nitrogens with one attached hydrogen (secondary N) is 2. The average molecular weight is 584 g/mol. The maximum Gasteiger partial charge on any atom is 0.253 e. The predicted octanol–water partition coefficient (Wildman–Crippen LogP) is 3.82. The normalized spacial score (nSPS) is 23.9. The second-order valence-electron chi connectivity index (χ2n) is 12.5. The molecule has 10 nitrogen and oxygen atoms in total. The Kier molecular flexibility index (Phi) is 7.43. The van der Waals surface area contributed by atoms with Crippen LogP contribution in [0.4, 0.5) is 0 Å². The van der Waals surface area contributed by atoms with Gasteiger partial charge in [0.25, 0.3) is 5.91 Å². The molecule has 8 rings (SSSR count). The molecule has 1 saturated carbocycles. The van der Waals surface area contributed by atoms with E-state index < -0.39 is 0 Å². The van der Waals surface area contributed by atoms with Gasteiger partial charge >= 0.3 is 0 Å². The van der Waals surface area contributed by atoms with E-state index in [9.17, 15) is 9.59 Å². The molecule has 43 heavy (non-hydrogen) atoms. The molecule has 10 heteroatoms. The molecule has 3 aromatic heterocycles. The second-order valence-corrected chi connectivity index (χ2v) is 12.5. The zero-order chi connectivity index (χ0) is 29.7. The van der Waals surface area contributed by atoms with Crippen LogP contribution in [0, 0.1) is 11.8 Å². The molecule has 0 spiro atoms. The molecule has 3 aliphatic heterocycles. The van der Waals surface area contributed by atoms with Crippen LogP contribution in [0.25, 0.3) is 33.6 Å². The van der Waals surface area contributed by atoms with Crippen LogP contribution in [0.2, 0.25) is 0 Å². The fourth-order valence-corrected chi connectivity index (χ4v) is 6.78. The Bertz CT molecular complexity index is 1690. The molecular formula is C33H41N7O3. The highest BCUT2D eigenvalue weighted by molar-refractivity contribution is 6.00. The van der Waals surface area contributed by atoms with Gasteiger partial charge in [0.05, 0.1) is 41.7 Å². The number of amides is 2. The summed E-state index contributed by atoms with van der Waals surface area (Å²) in [7, 11) is 3.91. The third-order valence-electron chi connectivity index (χ3n) is 9.51. The van der Waals surface area contributed by atoms with Crippen molar-refractivity contribution in [3.63, 3.8) is 0 Å². The molecule has 2 fully saturated rings. The number of nitrogens with zero attached hydrogens (tertiary/aromatic N) is 5. The number of hydrogen-bond donors (Lipinski definition) is 2. The van der Waals surface area contributed by atoms with Gasteiger partial charge in [-0.05, 0) is 74.4 Å².